The molecule has 2 aliphatic rings. The number of hydrogen-bond acceptors (Lipinski definition) is 1. The Balaban J connectivity index is 2.15. The average molecular weight is 363 g/mol. The first-order valence-electron chi connectivity index (χ1n) is 7.93. The van der Waals surface area contributed by atoms with E-state index in [4.69, 9.17) is 0 Å². The van der Waals surface area contributed by atoms with Crippen molar-refractivity contribution >= 4 is 22.6 Å². The van der Waals surface area contributed by atoms with E-state index in [0.717, 1.165) is 39.6 Å². The zero-order valence-corrected chi connectivity index (χ0v) is 14.6. The van der Waals surface area contributed by atoms with Crippen molar-refractivity contribution in [1.29, 1.82) is 0 Å². The summed E-state index contributed by atoms with van der Waals surface area (Å²) >= 11 is 2.79. The summed E-state index contributed by atoms with van der Waals surface area (Å²) in [5.41, 5.74) is 0. The Labute approximate surface area is 127 Å². The van der Waals surface area contributed by atoms with Gasteiger partial charge in [0.05, 0.1) is 0 Å². The first kappa shape index (κ1) is 15.1. The Morgan fingerprint density at radius 3 is 2.44 bits per heavy atom. The van der Waals surface area contributed by atoms with Gasteiger partial charge in [0.15, 0.2) is 0 Å². The van der Waals surface area contributed by atoms with E-state index in [9.17, 15) is 0 Å². The molecule has 1 aliphatic carbocycles. The van der Waals surface area contributed by atoms with Crippen LogP contribution in [0.15, 0.2) is 0 Å². The van der Waals surface area contributed by atoms with Crippen molar-refractivity contribution in [3.05, 3.63) is 0 Å². The Bertz CT molecular complexity index is 266. The van der Waals surface area contributed by atoms with Crippen molar-refractivity contribution in [2.45, 2.75) is 63.3 Å². The molecule has 1 aliphatic heterocycles. The van der Waals surface area contributed by atoms with Crippen molar-refractivity contribution in [3.63, 3.8) is 0 Å². The van der Waals surface area contributed by atoms with Crippen molar-refractivity contribution in [2.75, 3.05) is 6.54 Å². The molecule has 0 aromatic heterocycles. The Hall–Kier alpha value is 0.690. The van der Waals surface area contributed by atoms with Crippen LogP contribution in [-0.2, 0) is 0 Å². The normalized spacial score (nSPS) is 45.7. The molecule has 0 amide bonds. The predicted octanol–water partition coefficient (Wildman–Crippen LogP) is 4.50. The molecule has 1 saturated heterocycles. The maximum atomic E-state index is 3.83. The lowest BCUT2D eigenvalue weighted by Crippen LogP contribution is -2.48. The van der Waals surface area contributed by atoms with Crippen LogP contribution < -0.4 is 5.32 Å². The molecule has 0 radical (unpaired) electrons. The molecule has 1 heterocycles. The summed E-state index contributed by atoms with van der Waals surface area (Å²) in [6.07, 6.45) is 5.68. The smallest absolute Gasteiger partial charge is 0.0186 e. The van der Waals surface area contributed by atoms with Crippen LogP contribution in [0.4, 0.5) is 0 Å². The molecule has 1 saturated carbocycles. The highest BCUT2D eigenvalue weighted by Gasteiger charge is 2.44. The number of halogens is 1. The highest BCUT2D eigenvalue weighted by molar-refractivity contribution is 14.1. The van der Waals surface area contributed by atoms with Gasteiger partial charge in [-0.1, -0.05) is 56.7 Å². The standard InChI is InChI=1S/C16H30IN/c1-5-12-6-7-13(10(2)3)15(17)14(12)16-11(4)8-9-18-16/h10-16,18H,5-9H2,1-4H3. The summed E-state index contributed by atoms with van der Waals surface area (Å²) in [4.78, 5) is 0. The van der Waals surface area contributed by atoms with Crippen LogP contribution in [0.1, 0.15) is 53.4 Å². The van der Waals surface area contributed by atoms with Gasteiger partial charge in [0.2, 0.25) is 0 Å². The fourth-order valence-electron chi connectivity index (χ4n) is 4.35. The topological polar surface area (TPSA) is 12.0 Å². The molecular formula is C16H30IN. The van der Waals surface area contributed by atoms with Gasteiger partial charge in [-0.25, -0.2) is 0 Å². The zero-order valence-electron chi connectivity index (χ0n) is 12.5. The van der Waals surface area contributed by atoms with Crippen molar-refractivity contribution in [2.24, 2.45) is 29.6 Å². The minimum atomic E-state index is 0.790. The van der Waals surface area contributed by atoms with Crippen LogP contribution in [0.25, 0.3) is 0 Å². The third-order valence-corrected chi connectivity index (χ3v) is 7.33. The molecule has 1 N–H and O–H groups in total. The molecule has 2 fully saturated rings. The summed E-state index contributed by atoms with van der Waals surface area (Å²) in [7, 11) is 0. The molecule has 0 aromatic rings. The summed E-state index contributed by atoms with van der Waals surface area (Å²) in [6.45, 7) is 10.9. The maximum absolute atomic E-state index is 3.83. The lowest BCUT2D eigenvalue weighted by molar-refractivity contribution is 0.120. The van der Waals surface area contributed by atoms with E-state index in [-0.39, 0.29) is 0 Å². The van der Waals surface area contributed by atoms with Gasteiger partial charge in [-0.2, -0.15) is 0 Å². The SMILES string of the molecule is CCC1CCC(C(C)C)C(I)C1C1NCCC1C. The third kappa shape index (κ3) is 2.89. The second kappa shape index (κ2) is 6.43. The van der Waals surface area contributed by atoms with Gasteiger partial charge in [-0.15, -0.1) is 0 Å². The van der Waals surface area contributed by atoms with Crippen molar-refractivity contribution < 1.29 is 0 Å². The maximum Gasteiger partial charge on any atom is 0.0186 e. The van der Waals surface area contributed by atoms with Gasteiger partial charge in [-0.3, -0.25) is 0 Å². The highest BCUT2D eigenvalue weighted by Crippen LogP contribution is 2.46. The fourth-order valence-corrected chi connectivity index (χ4v) is 6.57. The summed E-state index contributed by atoms with van der Waals surface area (Å²) in [6, 6.07) is 0.790. The quantitative estimate of drug-likeness (QED) is 0.575. The summed E-state index contributed by atoms with van der Waals surface area (Å²) < 4.78 is 0.874. The lowest BCUT2D eigenvalue weighted by atomic mass is 9.66. The molecule has 6 unspecified atom stereocenters. The van der Waals surface area contributed by atoms with E-state index in [2.05, 4.69) is 55.6 Å². The average Bonchev–Trinajstić information content (AvgIpc) is 2.74. The van der Waals surface area contributed by atoms with Crippen LogP contribution in [-0.4, -0.2) is 16.5 Å². The Kier molecular flexibility index (Phi) is 5.39. The minimum absolute atomic E-state index is 0.790. The molecule has 106 valence electrons. The largest absolute Gasteiger partial charge is 0.313 e. The second-order valence-corrected chi connectivity index (χ2v) is 8.36. The number of nitrogens with one attached hydrogen (secondary N) is 1. The monoisotopic (exact) mass is 363 g/mol. The van der Waals surface area contributed by atoms with Gasteiger partial charge in [0, 0.05) is 9.97 Å². The van der Waals surface area contributed by atoms with E-state index in [0.29, 0.717) is 0 Å². The molecule has 18 heavy (non-hydrogen) atoms. The number of hydrogen-bond donors (Lipinski definition) is 1. The van der Waals surface area contributed by atoms with Crippen molar-refractivity contribution in [1.82, 2.24) is 5.32 Å². The molecule has 2 rings (SSSR count). The van der Waals surface area contributed by atoms with Gasteiger partial charge in [-0.05, 0) is 55.4 Å². The minimum Gasteiger partial charge on any atom is -0.313 e. The van der Waals surface area contributed by atoms with Gasteiger partial charge >= 0.3 is 0 Å². The van der Waals surface area contributed by atoms with Crippen LogP contribution in [0, 0.1) is 29.6 Å². The summed E-state index contributed by atoms with van der Waals surface area (Å²) in [5, 5.41) is 3.83. The molecule has 2 heteroatoms. The third-order valence-electron chi connectivity index (χ3n) is 5.58. The number of rotatable bonds is 3. The van der Waals surface area contributed by atoms with Gasteiger partial charge in [0.1, 0.15) is 0 Å². The summed E-state index contributed by atoms with van der Waals surface area (Å²) in [5.74, 6) is 4.54. The Morgan fingerprint density at radius 2 is 1.94 bits per heavy atom. The predicted molar refractivity (Wildman–Crippen MR) is 88.2 cm³/mol. The molecule has 1 nitrogen and oxygen atoms in total. The van der Waals surface area contributed by atoms with E-state index in [1.807, 2.05) is 0 Å². The molecule has 0 aromatic carbocycles. The lowest BCUT2D eigenvalue weighted by Gasteiger charge is -2.46. The van der Waals surface area contributed by atoms with Crippen LogP contribution in [0.3, 0.4) is 0 Å². The first-order chi connectivity index (χ1) is 8.56. The van der Waals surface area contributed by atoms with E-state index >= 15 is 0 Å². The van der Waals surface area contributed by atoms with E-state index in [1.54, 1.807) is 0 Å². The van der Waals surface area contributed by atoms with Crippen LogP contribution in [0.5, 0.6) is 0 Å². The van der Waals surface area contributed by atoms with Gasteiger partial charge in [0.25, 0.3) is 0 Å². The molecule has 0 spiro atoms. The van der Waals surface area contributed by atoms with E-state index in [1.165, 1.54) is 32.2 Å². The fraction of sp³-hybridized carbons (Fsp3) is 1.00. The second-order valence-electron chi connectivity index (χ2n) is 6.92. The van der Waals surface area contributed by atoms with Crippen molar-refractivity contribution in [3.8, 4) is 0 Å². The number of alkyl halides is 1. The van der Waals surface area contributed by atoms with Gasteiger partial charge < -0.3 is 5.32 Å². The zero-order chi connectivity index (χ0) is 13.3. The molecule has 0 bridgehead atoms. The van der Waals surface area contributed by atoms with Crippen LogP contribution >= 0.6 is 22.6 Å². The Morgan fingerprint density at radius 1 is 1.22 bits per heavy atom. The molecular weight excluding hydrogens is 333 g/mol. The van der Waals surface area contributed by atoms with Crippen LogP contribution in [0.2, 0.25) is 0 Å². The highest BCUT2D eigenvalue weighted by atomic mass is 127. The molecule has 6 atom stereocenters. The van der Waals surface area contributed by atoms with E-state index < -0.39 is 0 Å². The first-order valence-corrected chi connectivity index (χ1v) is 9.18.